The van der Waals surface area contributed by atoms with Gasteiger partial charge in [0.2, 0.25) is 0 Å². The van der Waals surface area contributed by atoms with Gasteiger partial charge in [-0.3, -0.25) is 0 Å². The molecule has 99 valence electrons. The Hall–Kier alpha value is -2.39. The van der Waals surface area contributed by atoms with E-state index in [1.54, 1.807) is 12.1 Å². The predicted molar refractivity (Wildman–Crippen MR) is 76.9 cm³/mol. The maximum Gasteiger partial charge on any atom is 0.130 e. The lowest BCUT2D eigenvalue weighted by molar-refractivity contribution is 0.177. The fourth-order valence-corrected chi connectivity index (χ4v) is 2.03. The second kappa shape index (κ2) is 5.72. The van der Waals surface area contributed by atoms with Gasteiger partial charge in [0.25, 0.3) is 0 Å². The second-order valence-electron chi connectivity index (χ2n) is 4.57. The highest BCUT2D eigenvalue weighted by molar-refractivity contribution is 5.78. The molecule has 0 aliphatic carbocycles. The standard InChI is InChI=1S/C17H14NO2/c19-11-13-5-9-16(10-6-13)20-12-15-8-7-14-3-1-2-4-17(14)18-15/h1-10H,11-12H2. The third-order valence-corrected chi connectivity index (χ3v) is 3.13. The molecular weight excluding hydrogens is 250 g/mol. The number of ether oxygens (including phenoxy) is 1. The maximum atomic E-state index is 10.7. The molecule has 0 aliphatic heterocycles. The Morgan fingerprint density at radius 2 is 1.70 bits per heavy atom. The van der Waals surface area contributed by atoms with E-state index in [1.807, 2.05) is 48.5 Å². The van der Waals surface area contributed by atoms with Crippen molar-refractivity contribution in [2.24, 2.45) is 0 Å². The number of aromatic nitrogens is 1. The lowest BCUT2D eigenvalue weighted by atomic mass is 10.2. The minimum atomic E-state index is -0.202. The summed E-state index contributed by atoms with van der Waals surface area (Å²) in [6.45, 7) is 0.216. The summed E-state index contributed by atoms with van der Waals surface area (Å²) >= 11 is 0. The molecule has 3 rings (SSSR count). The molecule has 3 nitrogen and oxygen atoms in total. The molecule has 0 spiro atoms. The number of nitrogens with zero attached hydrogens (tertiary/aromatic N) is 1. The van der Waals surface area contributed by atoms with E-state index >= 15 is 0 Å². The van der Waals surface area contributed by atoms with Crippen molar-refractivity contribution in [2.75, 3.05) is 0 Å². The van der Waals surface area contributed by atoms with Crippen molar-refractivity contribution in [3.05, 3.63) is 71.9 Å². The van der Waals surface area contributed by atoms with Gasteiger partial charge in [-0.1, -0.05) is 36.4 Å². The molecule has 0 atom stereocenters. The molecule has 3 heteroatoms. The number of pyridine rings is 1. The molecular formula is C17H14NO2. The zero-order valence-corrected chi connectivity index (χ0v) is 11.0. The third kappa shape index (κ3) is 2.78. The topological polar surface area (TPSA) is 42.0 Å². The largest absolute Gasteiger partial charge is 0.487 e. The van der Waals surface area contributed by atoms with Crippen LogP contribution in [0, 0.1) is 0 Å². The van der Waals surface area contributed by atoms with Gasteiger partial charge in [0, 0.05) is 5.39 Å². The number of rotatable bonds is 4. The van der Waals surface area contributed by atoms with Crippen LogP contribution < -0.4 is 4.74 Å². The molecule has 1 radical (unpaired) electrons. The molecule has 1 heterocycles. The van der Waals surface area contributed by atoms with E-state index in [9.17, 15) is 5.11 Å². The quantitative estimate of drug-likeness (QED) is 0.720. The molecule has 0 bridgehead atoms. The molecule has 0 amide bonds. The van der Waals surface area contributed by atoms with Crippen LogP contribution in [0.3, 0.4) is 0 Å². The summed E-state index contributed by atoms with van der Waals surface area (Å²) in [7, 11) is 0. The van der Waals surface area contributed by atoms with Crippen molar-refractivity contribution in [3.63, 3.8) is 0 Å². The van der Waals surface area contributed by atoms with Gasteiger partial charge < -0.3 is 4.74 Å². The molecule has 0 unspecified atom stereocenters. The Labute approximate surface area is 117 Å². The van der Waals surface area contributed by atoms with Crippen LogP contribution in [0.5, 0.6) is 5.75 Å². The Morgan fingerprint density at radius 1 is 0.900 bits per heavy atom. The summed E-state index contributed by atoms with van der Waals surface area (Å²) in [5.41, 5.74) is 2.62. The van der Waals surface area contributed by atoms with Crippen LogP contribution in [0.2, 0.25) is 0 Å². The van der Waals surface area contributed by atoms with Crippen LogP contribution in [0.1, 0.15) is 11.3 Å². The summed E-state index contributed by atoms with van der Waals surface area (Å²) in [6, 6.07) is 19.2. The summed E-state index contributed by atoms with van der Waals surface area (Å²) in [5.74, 6) is 0.747. The highest BCUT2D eigenvalue weighted by atomic mass is 16.5. The van der Waals surface area contributed by atoms with E-state index in [0.717, 1.165) is 27.9 Å². The van der Waals surface area contributed by atoms with Crippen molar-refractivity contribution in [2.45, 2.75) is 13.2 Å². The molecule has 0 saturated carbocycles. The average Bonchev–Trinajstić information content (AvgIpc) is 2.53. The van der Waals surface area contributed by atoms with Gasteiger partial charge in [-0.15, -0.1) is 0 Å². The molecule has 0 fully saturated rings. The van der Waals surface area contributed by atoms with Crippen LogP contribution >= 0.6 is 0 Å². The summed E-state index contributed by atoms with van der Waals surface area (Å²) in [6.07, 6.45) is 0. The Balaban J connectivity index is 1.72. The van der Waals surface area contributed by atoms with E-state index in [0.29, 0.717) is 6.61 Å². The number of fused-ring (bicyclic) bond motifs is 1. The fraction of sp³-hybridized carbons (Fsp3) is 0.118. The van der Waals surface area contributed by atoms with Gasteiger partial charge in [0.1, 0.15) is 19.0 Å². The highest BCUT2D eigenvalue weighted by Gasteiger charge is 2.00. The molecule has 1 aromatic heterocycles. The number of benzene rings is 2. The Bertz CT molecular complexity index is 708. The van der Waals surface area contributed by atoms with Crippen LogP contribution in [0.25, 0.3) is 10.9 Å². The van der Waals surface area contributed by atoms with Crippen molar-refractivity contribution < 1.29 is 9.84 Å². The van der Waals surface area contributed by atoms with Crippen LogP contribution in [0.15, 0.2) is 60.7 Å². The predicted octanol–water partition coefficient (Wildman–Crippen LogP) is 3.74. The zero-order chi connectivity index (χ0) is 13.8. The van der Waals surface area contributed by atoms with E-state index in [-0.39, 0.29) is 6.61 Å². The van der Waals surface area contributed by atoms with E-state index < -0.39 is 0 Å². The first-order valence-corrected chi connectivity index (χ1v) is 6.50. The van der Waals surface area contributed by atoms with Crippen LogP contribution in [0.4, 0.5) is 0 Å². The monoisotopic (exact) mass is 264 g/mol. The molecule has 0 aliphatic rings. The molecule has 20 heavy (non-hydrogen) atoms. The van der Waals surface area contributed by atoms with Gasteiger partial charge in [0.05, 0.1) is 11.2 Å². The first kappa shape index (κ1) is 12.6. The summed E-state index contributed by atoms with van der Waals surface area (Å²) < 4.78 is 5.68. The van der Waals surface area contributed by atoms with E-state index in [1.165, 1.54) is 0 Å². The Morgan fingerprint density at radius 3 is 2.50 bits per heavy atom. The zero-order valence-electron chi connectivity index (χ0n) is 11.0. The van der Waals surface area contributed by atoms with Crippen molar-refractivity contribution in [1.29, 1.82) is 0 Å². The van der Waals surface area contributed by atoms with E-state index in [4.69, 9.17) is 4.74 Å². The number of para-hydroxylation sites is 1. The van der Waals surface area contributed by atoms with Crippen LogP contribution in [-0.2, 0) is 18.3 Å². The van der Waals surface area contributed by atoms with Gasteiger partial charge in [0.15, 0.2) is 0 Å². The van der Waals surface area contributed by atoms with Crippen molar-refractivity contribution in [1.82, 2.24) is 4.98 Å². The SMILES string of the molecule is [O]Cc1ccc(OCc2ccc3ccccc3n2)cc1. The van der Waals surface area contributed by atoms with Crippen LogP contribution in [-0.4, -0.2) is 4.98 Å². The number of hydrogen-bond acceptors (Lipinski definition) is 2. The summed E-state index contributed by atoms with van der Waals surface area (Å²) in [4.78, 5) is 4.55. The molecule has 2 aromatic carbocycles. The van der Waals surface area contributed by atoms with Gasteiger partial charge in [-0.2, -0.15) is 0 Å². The smallest absolute Gasteiger partial charge is 0.130 e. The van der Waals surface area contributed by atoms with E-state index in [2.05, 4.69) is 4.98 Å². The normalized spacial score (nSPS) is 10.7. The molecule has 0 N–H and O–H groups in total. The summed E-state index contributed by atoms with van der Waals surface area (Å²) in [5, 5.41) is 11.8. The van der Waals surface area contributed by atoms with Crippen molar-refractivity contribution >= 4 is 10.9 Å². The van der Waals surface area contributed by atoms with Gasteiger partial charge >= 0.3 is 0 Å². The van der Waals surface area contributed by atoms with Crippen molar-refractivity contribution in [3.8, 4) is 5.75 Å². The fourth-order valence-electron chi connectivity index (χ4n) is 2.03. The van der Waals surface area contributed by atoms with Gasteiger partial charge in [-0.05, 0) is 29.8 Å². The average molecular weight is 264 g/mol. The third-order valence-electron chi connectivity index (χ3n) is 3.13. The minimum absolute atomic E-state index is 0.202. The second-order valence-corrected chi connectivity index (χ2v) is 4.57. The first-order valence-electron chi connectivity index (χ1n) is 6.50. The Kier molecular flexibility index (Phi) is 3.61. The van der Waals surface area contributed by atoms with Gasteiger partial charge in [-0.25, -0.2) is 10.1 Å². The minimum Gasteiger partial charge on any atom is -0.487 e. The molecule has 0 saturated heterocycles. The highest BCUT2D eigenvalue weighted by Crippen LogP contribution is 2.16. The number of hydrogen-bond donors (Lipinski definition) is 0. The maximum absolute atomic E-state index is 10.7. The molecule has 3 aromatic rings. The lowest BCUT2D eigenvalue weighted by Gasteiger charge is -2.07. The lowest BCUT2D eigenvalue weighted by Crippen LogP contribution is -1.98. The first-order chi connectivity index (χ1) is 9.85.